The number of para-hydroxylation sites is 3. The van der Waals surface area contributed by atoms with Gasteiger partial charge in [0.2, 0.25) is 5.89 Å². The first-order chi connectivity index (χ1) is 18.4. The summed E-state index contributed by atoms with van der Waals surface area (Å²) in [6.07, 6.45) is 0. The van der Waals surface area contributed by atoms with Gasteiger partial charge < -0.3 is 8.83 Å². The molecular formula is C34H19NO2. The number of aromatic nitrogens is 1. The number of hydrogen-bond donors (Lipinski definition) is 0. The minimum atomic E-state index is -0.480. The molecule has 3 heteroatoms. The van der Waals surface area contributed by atoms with Gasteiger partial charge in [-0.25, -0.2) is 4.98 Å². The summed E-state index contributed by atoms with van der Waals surface area (Å²) in [4.78, 5) is 4.88. The first-order valence-corrected chi connectivity index (χ1v) is 12.6. The standard InChI is InChI=1S/C34H19NO2/c1-4-14-24-20(10-1)21-11-2-5-15-25(21)34(24)26-16-9-13-23(33-35-27-17-6-8-19-29(27)37-33)30(26)32-31(34)22-12-3-7-18-28(22)36-32/h1-19H. The van der Waals surface area contributed by atoms with E-state index in [2.05, 4.69) is 84.9 Å². The fraction of sp³-hybridized carbons (Fsp3) is 0.0294. The van der Waals surface area contributed by atoms with Crippen LogP contribution in [-0.2, 0) is 5.41 Å². The van der Waals surface area contributed by atoms with E-state index in [-0.39, 0.29) is 0 Å². The zero-order valence-corrected chi connectivity index (χ0v) is 19.7. The molecule has 2 aliphatic rings. The Hall–Kier alpha value is -4.89. The zero-order valence-electron chi connectivity index (χ0n) is 19.7. The van der Waals surface area contributed by atoms with E-state index < -0.39 is 5.41 Å². The molecule has 7 aromatic rings. The lowest BCUT2D eigenvalue weighted by Crippen LogP contribution is -2.25. The van der Waals surface area contributed by atoms with E-state index in [0.29, 0.717) is 5.89 Å². The SMILES string of the molecule is c1ccc2c(c1)-c1ccccc1C21c2cccc(-c3nc4ccccc4o3)c2-c2oc3ccccc3c21. The summed E-state index contributed by atoms with van der Waals surface area (Å²) in [5.41, 5.74) is 11.6. The molecule has 3 nitrogen and oxygen atoms in total. The summed E-state index contributed by atoms with van der Waals surface area (Å²) in [6.45, 7) is 0. The molecule has 0 amide bonds. The molecule has 0 saturated heterocycles. The number of oxazole rings is 1. The molecule has 0 fully saturated rings. The van der Waals surface area contributed by atoms with Crippen molar-refractivity contribution < 1.29 is 8.83 Å². The predicted octanol–water partition coefficient (Wildman–Crippen LogP) is 8.58. The van der Waals surface area contributed by atoms with Crippen molar-refractivity contribution in [3.8, 4) is 33.9 Å². The summed E-state index contributed by atoms with van der Waals surface area (Å²) >= 11 is 0. The highest BCUT2D eigenvalue weighted by Gasteiger charge is 2.55. The third-order valence-corrected chi connectivity index (χ3v) is 8.14. The molecule has 0 N–H and O–H groups in total. The van der Waals surface area contributed by atoms with Crippen LogP contribution >= 0.6 is 0 Å². The fourth-order valence-electron chi connectivity index (χ4n) is 6.80. The first kappa shape index (κ1) is 19.3. The van der Waals surface area contributed by atoms with Crippen molar-refractivity contribution in [3.05, 3.63) is 138 Å². The Morgan fingerprint density at radius 3 is 1.92 bits per heavy atom. The Bertz CT molecular complexity index is 1980. The van der Waals surface area contributed by atoms with Gasteiger partial charge in [0, 0.05) is 22.1 Å². The van der Waals surface area contributed by atoms with E-state index in [1.165, 1.54) is 33.4 Å². The third-order valence-electron chi connectivity index (χ3n) is 8.14. The lowest BCUT2D eigenvalue weighted by atomic mass is 9.70. The van der Waals surface area contributed by atoms with Crippen molar-refractivity contribution >= 4 is 22.1 Å². The van der Waals surface area contributed by atoms with E-state index in [1.807, 2.05) is 30.3 Å². The van der Waals surface area contributed by atoms with Crippen molar-refractivity contribution in [2.24, 2.45) is 0 Å². The Balaban J connectivity index is 1.49. The van der Waals surface area contributed by atoms with E-state index >= 15 is 0 Å². The number of benzene rings is 5. The van der Waals surface area contributed by atoms with E-state index in [0.717, 1.165) is 39.0 Å². The second-order valence-corrected chi connectivity index (χ2v) is 9.86. The molecular weight excluding hydrogens is 454 g/mol. The molecule has 5 aromatic carbocycles. The lowest BCUT2D eigenvalue weighted by molar-refractivity contribution is 0.616. The van der Waals surface area contributed by atoms with Gasteiger partial charge in [0.25, 0.3) is 0 Å². The largest absolute Gasteiger partial charge is 0.456 e. The normalized spacial score (nSPS) is 14.2. The number of nitrogens with zero attached hydrogens (tertiary/aromatic N) is 1. The molecule has 2 heterocycles. The van der Waals surface area contributed by atoms with Gasteiger partial charge in [0.15, 0.2) is 5.58 Å². The molecule has 1 spiro atoms. The number of fused-ring (bicyclic) bond motifs is 13. The number of hydrogen-bond acceptors (Lipinski definition) is 3. The van der Waals surface area contributed by atoms with Crippen LogP contribution in [0.1, 0.15) is 22.3 Å². The maximum absolute atomic E-state index is 6.72. The fourth-order valence-corrected chi connectivity index (χ4v) is 6.80. The summed E-state index contributed by atoms with van der Waals surface area (Å²) in [6, 6.07) is 40.4. The average molecular weight is 474 g/mol. The molecule has 0 aliphatic heterocycles. The van der Waals surface area contributed by atoms with Crippen molar-refractivity contribution in [1.82, 2.24) is 4.98 Å². The minimum Gasteiger partial charge on any atom is -0.456 e. The first-order valence-electron chi connectivity index (χ1n) is 12.6. The number of rotatable bonds is 1. The van der Waals surface area contributed by atoms with Crippen molar-refractivity contribution in [2.45, 2.75) is 5.41 Å². The van der Waals surface area contributed by atoms with Gasteiger partial charge in [-0.1, -0.05) is 91.0 Å². The Kier molecular flexibility index (Phi) is 3.47. The predicted molar refractivity (Wildman–Crippen MR) is 146 cm³/mol. The van der Waals surface area contributed by atoms with E-state index in [4.69, 9.17) is 13.8 Å². The highest BCUT2D eigenvalue weighted by atomic mass is 16.4. The molecule has 172 valence electrons. The van der Waals surface area contributed by atoms with E-state index in [1.54, 1.807) is 0 Å². The molecule has 0 unspecified atom stereocenters. The van der Waals surface area contributed by atoms with Crippen molar-refractivity contribution in [2.75, 3.05) is 0 Å². The summed E-state index contributed by atoms with van der Waals surface area (Å²) in [5.74, 6) is 1.52. The third kappa shape index (κ3) is 2.21. The molecule has 37 heavy (non-hydrogen) atoms. The lowest BCUT2D eigenvalue weighted by Gasteiger charge is -2.29. The Morgan fingerprint density at radius 1 is 0.514 bits per heavy atom. The van der Waals surface area contributed by atoms with Gasteiger partial charge in [0.1, 0.15) is 16.9 Å². The van der Waals surface area contributed by atoms with Gasteiger partial charge >= 0.3 is 0 Å². The summed E-state index contributed by atoms with van der Waals surface area (Å²) in [5, 5.41) is 1.14. The van der Waals surface area contributed by atoms with Crippen molar-refractivity contribution in [1.29, 1.82) is 0 Å². The molecule has 0 atom stereocenters. The molecule has 9 rings (SSSR count). The van der Waals surface area contributed by atoms with Gasteiger partial charge in [-0.2, -0.15) is 0 Å². The van der Waals surface area contributed by atoms with Crippen LogP contribution in [0.3, 0.4) is 0 Å². The molecule has 0 bridgehead atoms. The highest BCUT2D eigenvalue weighted by molar-refractivity contribution is 6.04. The van der Waals surface area contributed by atoms with Gasteiger partial charge in [-0.05, 0) is 52.1 Å². The Morgan fingerprint density at radius 2 is 1.14 bits per heavy atom. The van der Waals surface area contributed by atoms with Crippen LogP contribution in [0.25, 0.3) is 56.0 Å². The van der Waals surface area contributed by atoms with Crippen LogP contribution in [0.4, 0.5) is 0 Å². The smallest absolute Gasteiger partial charge is 0.228 e. The molecule has 0 saturated carbocycles. The molecule has 0 radical (unpaired) electrons. The highest BCUT2D eigenvalue weighted by Crippen LogP contribution is 2.65. The van der Waals surface area contributed by atoms with Crippen LogP contribution in [0, 0.1) is 0 Å². The molecule has 2 aliphatic carbocycles. The van der Waals surface area contributed by atoms with Crippen LogP contribution in [0.5, 0.6) is 0 Å². The maximum Gasteiger partial charge on any atom is 0.228 e. The average Bonchev–Trinajstić information content (AvgIpc) is 3.69. The minimum absolute atomic E-state index is 0.480. The topological polar surface area (TPSA) is 39.2 Å². The van der Waals surface area contributed by atoms with Gasteiger partial charge in [-0.15, -0.1) is 0 Å². The van der Waals surface area contributed by atoms with Crippen molar-refractivity contribution in [3.63, 3.8) is 0 Å². The van der Waals surface area contributed by atoms with Crippen LogP contribution in [0.2, 0.25) is 0 Å². The van der Waals surface area contributed by atoms with Crippen LogP contribution in [-0.4, -0.2) is 4.98 Å². The van der Waals surface area contributed by atoms with E-state index in [9.17, 15) is 0 Å². The maximum atomic E-state index is 6.72. The summed E-state index contributed by atoms with van der Waals surface area (Å²) < 4.78 is 13.0. The second-order valence-electron chi connectivity index (χ2n) is 9.86. The van der Waals surface area contributed by atoms with Crippen LogP contribution < -0.4 is 0 Å². The quantitative estimate of drug-likeness (QED) is 0.240. The van der Waals surface area contributed by atoms with Crippen LogP contribution in [0.15, 0.2) is 124 Å². The molecule has 2 aromatic heterocycles. The second kappa shape index (κ2) is 6.65. The Labute approximate surface area is 212 Å². The number of furan rings is 1. The van der Waals surface area contributed by atoms with Gasteiger partial charge in [-0.3, -0.25) is 0 Å². The van der Waals surface area contributed by atoms with Gasteiger partial charge in [0.05, 0.1) is 5.41 Å². The zero-order chi connectivity index (χ0) is 24.1. The monoisotopic (exact) mass is 473 g/mol. The summed E-state index contributed by atoms with van der Waals surface area (Å²) in [7, 11) is 0.